The van der Waals surface area contributed by atoms with Crippen LogP contribution in [0.2, 0.25) is 0 Å². The predicted molar refractivity (Wildman–Crippen MR) is 52.4 cm³/mol. The maximum absolute atomic E-state index is 11.0. The largest absolute Gasteiger partial charge is 0.467 e. The Kier molecular flexibility index (Phi) is 4.48. The van der Waals surface area contributed by atoms with Crippen molar-refractivity contribution in [2.75, 3.05) is 14.2 Å². The highest BCUT2D eigenvalue weighted by Gasteiger charge is 2.28. The van der Waals surface area contributed by atoms with E-state index in [4.69, 9.17) is 9.15 Å². The van der Waals surface area contributed by atoms with Gasteiger partial charge in [-0.2, -0.15) is 0 Å². The van der Waals surface area contributed by atoms with Crippen molar-refractivity contribution in [3.8, 4) is 0 Å². The van der Waals surface area contributed by atoms with E-state index in [2.05, 4.69) is 4.74 Å². The second-order valence-corrected chi connectivity index (χ2v) is 3.15. The summed E-state index contributed by atoms with van der Waals surface area (Å²) >= 11 is 0. The SMILES string of the molecule is COCc1ccc(C(O)C(O)C(=O)OC)o1. The molecule has 90 valence electrons. The Balaban J connectivity index is 2.71. The van der Waals surface area contributed by atoms with E-state index < -0.39 is 18.2 Å². The molecule has 0 saturated heterocycles. The summed E-state index contributed by atoms with van der Waals surface area (Å²) in [6, 6.07) is 3.05. The van der Waals surface area contributed by atoms with E-state index >= 15 is 0 Å². The van der Waals surface area contributed by atoms with E-state index in [0.717, 1.165) is 7.11 Å². The molecule has 0 bridgehead atoms. The van der Waals surface area contributed by atoms with E-state index in [1.807, 2.05) is 0 Å². The van der Waals surface area contributed by atoms with Crippen molar-refractivity contribution >= 4 is 5.97 Å². The van der Waals surface area contributed by atoms with Crippen molar-refractivity contribution in [1.29, 1.82) is 0 Å². The fourth-order valence-corrected chi connectivity index (χ4v) is 1.18. The lowest BCUT2D eigenvalue weighted by Crippen LogP contribution is -2.28. The number of hydrogen-bond acceptors (Lipinski definition) is 6. The maximum atomic E-state index is 11.0. The third kappa shape index (κ3) is 2.82. The highest BCUT2D eigenvalue weighted by atomic mass is 16.5. The summed E-state index contributed by atoms with van der Waals surface area (Å²) < 4.78 is 14.3. The second kappa shape index (κ2) is 5.64. The topological polar surface area (TPSA) is 89.1 Å². The molecule has 1 heterocycles. The van der Waals surface area contributed by atoms with Crippen LogP contribution in [0.4, 0.5) is 0 Å². The number of aliphatic hydroxyl groups excluding tert-OH is 2. The first-order valence-corrected chi connectivity index (χ1v) is 4.61. The van der Waals surface area contributed by atoms with Crippen molar-refractivity contribution in [1.82, 2.24) is 0 Å². The van der Waals surface area contributed by atoms with Gasteiger partial charge < -0.3 is 24.1 Å². The fraction of sp³-hybridized carbons (Fsp3) is 0.500. The van der Waals surface area contributed by atoms with Gasteiger partial charge in [-0.3, -0.25) is 0 Å². The van der Waals surface area contributed by atoms with Gasteiger partial charge in [0.15, 0.2) is 6.10 Å². The minimum atomic E-state index is -1.66. The van der Waals surface area contributed by atoms with Crippen molar-refractivity contribution in [3.05, 3.63) is 23.7 Å². The standard InChI is InChI=1S/C10H14O6/c1-14-5-6-3-4-7(16-6)8(11)9(12)10(13)15-2/h3-4,8-9,11-12H,5H2,1-2H3. The van der Waals surface area contributed by atoms with Crippen LogP contribution in [0.1, 0.15) is 17.6 Å². The van der Waals surface area contributed by atoms with Crippen molar-refractivity contribution < 1.29 is 28.9 Å². The third-order valence-corrected chi connectivity index (χ3v) is 2.00. The Morgan fingerprint density at radius 3 is 2.69 bits per heavy atom. The molecule has 0 aliphatic heterocycles. The van der Waals surface area contributed by atoms with Crippen LogP contribution in [0.25, 0.3) is 0 Å². The van der Waals surface area contributed by atoms with Crippen LogP contribution in [0.5, 0.6) is 0 Å². The first-order chi connectivity index (χ1) is 7.60. The number of furan rings is 1. The number of carbonyl (C=O) groups excluding carboxylic acids is 1. The summed E-state index contributed by atoms with van der Waals surface area (Å²) in [6.45, 7) is 0.251. The Morgan fingerprint density at radius 1 is 1.44 bits per heavy atom. The lowest BCUT2D eigenvalue weighted by atomic mass is 10.1. The smallest absolute Gasteiger partial charge is 0.337 e. The van der Waals surface area contributed by atoms with Crippen LogP contribution >= 0.6 is 0 Å². The van der Waals surface area contributed by atoms with E-state index in [-0.39, 0.29) is 12.4 Å². The molecule has 1 aromatic rings. The average molecular weight is 230 g/mol. The fourth-order valence-electron chi connectivity index (χ4n) is 1.18. The van der Waals surface area contributed by atoms with Gasteiger partial charge in [0, 0.05) is 7.11 Å². The Labute approximate surface area is 92.4 Å². The molecule has 0 saturated carbocycles. The van der Waals surface area contributed by atoms with E-state index in [1.54, 1.807) is 6.07 Å². The minimum Gasteiger partial charge on any atom is -0.467 e. The zero-order chi connectivity index (χ0) is 12.1. The van der Waals surface area contributed by atoms with Crippen LogP contribution < -0.4 is 0 Å². The summed E-state index contributed by atoms with van der Waals surface area (Å²) in [5.74, 6) is -0.337. The quantitative estimate of drug-likeness (QED) is 0.692. The second-order valence-electron chi connectivity index (χ2n) is 3.15. The molecule has 2 unspecified atom stereocenters. The van der Waals surface area contributed by atoms with Gasteiger partial charge in [-0.1, -0.05) is 0 Å². The number of ether oxygens (including phenoxy) is 2. The van der Waals surface area contributed by atoms with E-state index in [1.165, 1.54) is 13.2 Å². The summed E-state index contributed by atoms with van der Waals surface area (Å²) in [7, 11) is 2.62. The van der Waals surface area contributed by atoms with Crippen molar-refractivity contribution in [2.24, 2.45) is 0 Å². The summed E-state index contributed by atoms with van der Waals surface area (Å²) in [6.07, 6.45) is -3.11. The average Bonchev–Trinajstić information content (AvgIpc) is 2.75. The highest BCUT2D eigenvalue weighted by molar-refractivity contribution is 5.75. The van der Waals surface area contributed by atoms with Gasteiger partial charge in [-0.25, -0.2) is 4.79 Å². The van der Waals surface area contributed by atoms with Gasteiger partial charge in [0.05, 0.1) is 7.11 Å². The molecule has 1 rings (SSSR count). The van der Waals surface area contributed by atoms with Crippen LogP contribution in [-0.4, -0.2) is 36.5 Å². The number of carbonyl (C=O) groups is 1. The van der Waals surface area contributed by atoms with Crippen LogP contribution in [0.15, 0.2) is 16.5 Å². The normalized spacial score (nSPS) is 14.5. The third-order valence-electron chi connectivity index (χ3n) is 2.00. The summed E-state index contributed by atoms with van der Waals surface area (Å²) in [5.41, 5.74) is 0. The summed E-state index contributed by atoms with van der Waals surface area (Å²) in [4.78, 5) is 11.0. The van der Waals surface area contributed by atoms with Gasteiger partial charge in [-0.15, -0.1) is 0 Å². The zero-order valence-electron chi connectivity index (χ0n) is 9.04. The summed E-state index contributed by atoms with van der Waals surface area (Å²) in [5, 5.41) is 18.9. The van der Waals surface area contributed by atoms with Gasteiger partial charge in [0.2, 0.25) is 0 Å². The molecule has 2 atom stereocenters. The van der Waals surface area contributed by atoms with E-state index in [0.29, 0.717) is 5.76 Å². The molecule has 16 heavy (non-hydrogen) atoms. The molecule has 2 N–H and O–H groups in total. The van der Waals surface area contributed by atoms with Crippen LogP contribution in [-0.2, 0) is 20.9 Å². The number of esters is 1. The van der Waals surface area contributed by atoms with Gasteiger partial charge in [0.1, 0.15) is 24.2 Å². The highest BCUT2D eigenvalue weighted by Crippen LogP contribution is 2.20. The molecule has 0 fully saturated rings. The van der Waals surface area contributed by atoms with Crippen molar-refractivity contribution in [3.63, 3.8) is 0 Å². The van der Waals surface area contributed by atoms with E-state index in [9.17, 15) is 15.0 Å². The molecular formula is C10H14O6. The molecule has 0 amide bonds. The first-order valence-electron chi connectivity index (χ1n) is 4.61. The van der Waals surface area contributed by atoms with Gasteiger partial charge in [0.25, 0.3) is 0 Å². The number of hydrogen-bond donors (Lipinski definition) is 2. The Morgan fingerprint density at radius 2 is 2.12 bits per heavy atom. The molecule has 0 aliphatic rings. The number of aliphatic hydroxyl groups is 2. The molecule has 6 heteroatoms. The molecule has 0 aliphatic carbocycles. The maximum Gasteiger partial charge on any atom is 0.337 e. The van der Waals surface area contributed by atoms with Gasteiger partial charge >= 0.3 is 5.97 Å². The first kappa shape index (κ1) is 12.7. The number of methoxy groups -OCH3 is 2. The van der Waals surface area contributed by atoms with Crippen LogP contribution in [0.3, 0.4) is 0 Å². The van der Waals surface area contributed by atoms with Crippen molar-refractivity contribution in [2.45, 2.75) is 18.8 Å². The lowest BCUT2D eigenvalue weighted by molar-refractivity contribution is -0.157. The molecule has 1 aromatic heterocycles. The predicted octanol–water partition coefficient (Wildman–Crippen LogP) is -0.00670. The molecular weight excluding hydrogens is 216 g/mol. The molecule has 0 aromatic carbocycles. The molecule has 6 nitrogen and oxygen atoms in total. The minimum absolute atomic E-state index is 0.0879. The van der Waals surface area contributed by atoms with Crippen LogP contribution in [0, 0.1) is 0 Å². The number of rotatable bonds is 5. The zero-order valence-corrected chi connectivity index (χ0v) is 9.04. The molecule has 0 radical (unpaired) electrons. The monoisotopic (exact) mass is 230 g/mol. The lowest BCUT2D eigenvalue weighted by Gasteiger charge is -2.13. The van der Waals surface area contributed by atoms with Gasteiger partial charge in [-0.05, 0) is 12.1 Å². The molecule has 0 spiro atoms. The Hall–Kier alpha value is -1.37. The Bertz CT molecular complexity index is 345.